The first-order valence-corrected chi connectivity index (χ1v) is 4.70. The summed E-state index contributed by atoms with van der Waals surface area (Å²) in [4.78, 5) is 4.02. The minimum Gasteiger partial charge on any atom is -0.387 e. The zero-order chi connectivity index (χ0) is 9.80. The lowest BCUT2D eigenvalue weighted by Crippen LogP contribution is -2.40. The van der Waals surface area contributed by atoms with E-state index in [-0.39, 0.29) is 6.04 Å². The van der Waals surface area contributed by atoms with Crippen LogP contribution in [0.2, 0.25) is 0 Å². The van der Waals surface area contributed by atoms with Crippen LogP contribution in [0.3, 0.4) is 0 Å². The maximum atomic E-state index is 6.00. The Bertz CT molecular complexity index is 314. The third-order valence-corrected chi connectivity index (χ3v) is 2.30. The highest BCUT2D eigenvalue weighted by molar-refractivity contribution is 5.61. The average Bonchev–Trinajstić information content (AvgIpc) is 2.30. The molecule has 1 atom stereocenters. The summed E-state index contributed by atoms with van der Waals surface area (Å²) in [7, 11) is 0. The second-order valence-corrected chi connectivity index (χ2v) is 3.25. The molecule has 0 fully saturated rings. The lowest BCUT2D eigenvalue weighted by Gasteiger charge is -2.28. The Morgan fingerprint density at radius 3 is 3.14 bits per heavy atom. The van der Waals surface area contributed by atoms with E-state index in [0.29, 0.717) is 0 Å². The van der Waals surface area contributed by atoms with Crippen LogP contribution in [0.25, 0.3) is 0 Å². The van der Waals surface area contributed by atoms with Gasteiger partial charge >= 0.3 is 0 Å². The molecule has 74 valence electrons. The molecule has 0 radical (unpaired) electrons. The predicted octanol–water partition coefficient (Wildman–Crippen LogP) is 0.520. The maximum Gasteiger partial charge on any atom is 0.0699 e. The highest BCUT2D eigenvalue weighted by Gasteiger charge is 2.14. The van der Waals surface area contributed by atoms with E-state index in [1.807, 2.05) is 24.6 Å². The van der Waals surface area contributed by atoms with Gasteiger partial charge in [0.2, 0.25) is 0 Å². The second kappa shape index (κ2) is 4.11. The summed E-state index contributed by atoms with van der Waals surface area (Å²) in [5, 5.41) is 4.87. The average molecular weight is 190 g/mol. The van der Waals surface area contributed by atoms with Crippen LogP contribution in [0.5, 0.6) is 0 Å². The van der Waals surface area contributed by atoms with Crippen LogP contribution < -0.4 is 11.2 Å². The number of allylic oxidation sites excluding steroid dienone is 1. The van der Waals surface area contributed by atoms with Crippen molar-refractivity contribution in [1.29, 1.82) is 0 Å². The van der Waals surface area contributed by atoms with Crippen LogP contribution in [-0.4, -0.2) is 23.8 Å². The molecule has 2 aliphatic heterocycles. The minimum absolute atomic E-state index is 0.224. The number of aliphatic imine (C=N–C) groups is 1. The zero-order valence-electron chi connectivity index (χ0n) is 7.93. The van der Waals surface area contributed by atoms with Crippen molar-refractivity contribution in [1.82, 2.24) is 10.3 Å². The van der Waals surface area contributed by atoms with Gasteiger partial charge in [0.25, 0.3) is 0 Å². The third-order valence-electron chi connectivity index (χ3n) is 2.30. The first kappa shape index (κ1) is 9.02. The fourth-order valence-corrected chi connectivity index (χ4v) is 1.49. The van der Waals surface area contributed by atoms with Gasteiger partial charge in [0.1, 0.15) is 0 Å². The molecule has 0 aromatic carbocycles. The maximum absolute atomic E-state index is 6.00. The number of nitrogens with one attached hydrogen (secondary N) is 1. The number of dihydropyridines is 1. The van der Waals surface area contributed by atoms with Crippen molar-refractivity contribution in [3.8, 4) is 0 Å². The molecule has 14 heavy (non-hydrogen) atoms. The van der Waals surface area contributed by atoms with Crippen LogP contribution in [0.15, 0.2) is 41.3 Å². The molecule has 2 heterocycles. The summed E-state index contributed by atoms with van der Waals surface area (Å²) in [6.45, 7) is 0.837. The van der Waals surface area contributed by atoms with E-state index in [4.69, 9.17) is 5.84 Å². The monoisotopic (exact) mass is 190 g/mol. The van der Waals surface area contributed by atoms with Crippen molar-refractivity contribution in [2.45, 2.75) is 12.5 Å². The van der Waals surface area contributed by atoms with Gasteiger partial charge in [-0.05, 0) is 24.4 Å². The first-order chi connectivity index (χ1) is 6.88. The van der Waals surface area contributed by atoms with E-state index in [9.17, 15) is 0 Å². The summed E-state index contributed by atoms with van der Waals surface area (Å²) >= 11 is 0. The van der Waals surface area contributed by atoms with Gasteiger partial charge in [-0.25, -0.2) is 5.84 Å². The largest absolute Gasteiger partial charge is 0.387 e. The van der Waals surface area contributed by atoms with Crippen LogP contribution >= 0.6 is 0 Å². The smallest absolute Gasteiger partial charge is 0.0699 e. The van der Waals surface area contributed by atoms with Gasteiger partial charge in [-0.3, -0.25) is 4.99 Å². The Balaban J connectivity index is 2.04. The molecule has 2 rings (SSSR count). The highest BCUT2D eigenvalue weighted by Crippen LogP contribution is 2.12. The predicted molar refractivity (Wildman–Crippen MR) is 57.3 cm³/mol. The number of nitrogens with two attached hydrogens (primary N) is 1. The molecule has 0 aliphatic carbocycles. The molecule has 0 amide bonds. The fraction of sp³-hybridized carbons (Fsp3) is 0.300. The van der Waals surface area contributed by atoms with Crippen LogP contribution in [-0.2, 0) is 0 Å². The molecule has 0 spiro atoms. The number of hydrogen-bond donors (Lipinski definition) is 2. The van der Waals surface area contributed by atoms with E-state index < -0.39 is 0 Å². The molecule has 4 heteroatoms. The van der Waals surface area contributed by atoms with E-state index >= 15 is 0 Å². The van der Waals surface area contributed by atoms with E-state index in [0.717, 1.165) is 18.7 Å². The van der Waals surface area contributed by atoms with Gasteiger partial charge < -0.3 is 10.3 Å². The van der Waals surface area contributed by atoms with E-state index in [1.165, 1.54) is 0 Å². The summed E-state index contributed by atoms with van der Waals surface area (Å²) in [5.74, 6) is 6.00. The zero-order valence-corrected chi connectivity index (χ0v) is 7.93. The van der Waals surface area contributed by atoms with Crippen molar-refractivity contribution in [2.24, 2.45) is 10.8 Å². The molecule has 0 saturated carbocycles. The summed E-state index contributed by atoms with van der Waals surface area (Å²) < 4.78 is 0. The van der Waals surface area contributed by atoms with Gasteiger partial charge in [0, 0.05) is 25.4 Å². The van der Waals surface area contributed by atoms with Crippen molar-refractivity contribution >= 4 is 6.21 Å². The molecular weight excluding hydrogens is 176 g/mol. The summed E-state index contributed by atoms with van der Waals surface area (Å²) in [6.07, 6.45) is 12.5. The lowest BCUT2D eigenvalue weighted by molar-refractivity contribution is 0.314. The quantitative estimate of drug-likeness (QED) is 0.493. The molecule has 4 nitrogen and oxygen atoms in total. The van der Waals surface area contributed by atoms with Gasteiger partial charge in [0.15, 0.2) is 0 Å². The number of nitrogens with zero attached hydrogens (tertiary/aromatic N) is 2. The van der Waals surface area contributed by atoms with Crippen molar-refractivity contribution in [3.63, 3.8) is 0 Å². The number of hydrazine groups is 1. The van der Waals surface area contributed by atoms with Gasteiger partial charge in [-0.1, -0.05) is 0 Å². The van der Waals surface area contributed by atoms with Gasteiger partial charge in [0.05, 0.1) is 11.7 Å². The lowest BCUT2D eigenvalue weighted by atomic mass is 10.1. The molecule has 0 aromatic rings. The molecule has 0 aromatic heterocycles. The van der Waals surface area contributed by atoms with Gasteiger partial charge in [-0.2, -0.15) is 0 Å². The molecule has 2 aliphatic rings. The first-order valence-electron chi connectivity index (χ1n) is 4.70. The van der Waals surface area contributed by atoms with Crippen molar-refractivity contribution in [2.75, 3.05) is 6.54 Å². The molecule has 3 N–H and O–H groups in total. The molecule has 1 unspecified atom stereocenters. The normalized spacial score (nSPS) is 24.4. The Kier molecular flexibility index (Phi) is 2.65. The highest BCUT2D eigenvalue weighted by atomic mass is 15.4. The third kappa shape index (κ3) is 1.85. The van der Waals surface area contributed by atoms with Crippen LogP contribution in [0.1, 0.15) is 6.42 Å². The Labute approximate surface area is 83.5 Å². The van der Waals surface area contributed by atoms with Gasteiger partial charge in [-0.15, -0.1) is 0 Å². The summed E-state index contributed by atoms with van der Waals surface area (Å²) in [6, 6.07) is 0.224. The van der Waals surface area contributed by atoms with Crippen molar-refractivity contribution < 1.29 is 0 Å². The topological polar surface area (TPSA) is 53.6 Å². The molecular formula is C10H14N4. The van der Waals surface area contributed by atoms with E-state index in [1.54, 1.807) is 11.2 Å². The SMILES string of the molecule is NN(C1=CCNC=C1)C1C=CN=CC1. The minimum atomic E-state index is 0.224. The van der Waals surface area contributed by atoms with Crippen LogP contribution in [0, 0.1) is 0 Å². The fourth-order valence-electron chi connectivity index (χ4n) is 1.49. The molecule has 0 saturated heterocycles. The summed E-state index contributed by atoms with van der Waals surface area (Å²) in [5.41, 5.74) is 1.05. The second-order valence-electron chi connectivity index (χ2n) is 3.25. The Hall–Kier alpha value is -1.55. The van der Waals surface area contributed by atoms with Crippen LogP contribution in [0.4, 0.5) is 0 Å². The number of hydrogen-bond acceptors (Lipinski definition) is 4. The van der Waals surface area contributed by atoms with Crippen molar-refractivity contribution in [3.05, 3.63) is 36.3 Å². The Morgan fingerprint density at radius 2 is 2.50 bits per heavy atom. The molecule has 0 bridgehead atoms. The van der Waals surface area contributed by atoms with E-state index in [2.05, 4.69) is 16.4 Å². The number of rotatable bonds is 2. The standard InChI is InChI=1S/C10H14N4/c11-14(9-1-5-12-6-2-9)10-3-7-13-8-4-10/h1-3,5,7-8,10,12H,4,6,11H2. The Morgan fingerprint density at radius 1 is 1.57 bits per heavy atom.